The van der Waals surface area contributed by atoms with E-state index in [-0.39, 0.29) is 16.3 Å². The molecule has 3 N–H and O–H groups in total. The summed E-state index contributed by atoms with van der Waals surface area (Å²) in [6.45, 7) is 0. The molecule has 5 rings (SSSR count). The first-order valence-corrected chi connectivity index (χ1v) is 12.3. The van der Waals surface area contributed by atoms with Crippen LogP contribution in [0.15, 0.2) is 91.0 Å². The van der Waals surface area contributed by atoms with Crippen LogP contribution in [-0.4, -0.2) is 18.1 Å². The van der Waals surface area contributed by atoms with E-state index in [1.165, 1.54) is 23.5 Å². The van der Waals surface area contributed by atoms with Crippen LogP contribution >= 0.6 is 11.3 Å². The number of urea groups is 1. The number of fused-ring (bicyclic) bond motifs is 1. The number of halogens is 3. The number of aromatic nitrogens is 1. The fourth-order valence-electron chi connectivity index (χ4n) is 3.76. The topological polar surface area (TPSA) is 75.3 Å². The predicted octanol–water partition coefficient (Wildman–Crippen LogP) is 8.46. The molecule has 192 valence electrons. The number of benzene rings is 4. The van der Waals surface area contributed by atoms with E-state index in [2.05, 4.69) is 20.9 Å². The third-order valence-corrected chi connectivity index (χ3v) is 6.67. The number of nitrogens with zero attached hydrogens (tertiary/aromatic N) is 1. The second-order valence-electron chi connectivity index (χ2n) is 8.22. The van der Waals surface area contributed by atoms with Gasteiger partial charge in [0.2, 0.25) is 0 Å². The summed E-state index contributed by atoms with van der Waals surface area (Å²) in [5.74, 6) is 1.21. The monoisotopic (exact) mass is 534 g/mol. The zero-order valence-electron chi connectivity index (χ0n) is 20.0. The summed E-state index contributed by atoms with van der Waals surface area (Å²) in [6.07, 6.45) is -4.63. The van der Waals surface area contributed by atoms with Gasteiger partial charge in [-0.25, -0.2) is 9.78 Å². The molecule has 0 fully saturated rings. The number of carbonyl (C=O) groups excluding carboxylic acids is 1. The van der Waals surface area contributed by atoms with Crippen molar-refractivity contribution in [2.75, 3.05) is 23.0 Å². The summed E-state index contributed by atoms with van der Waals surface area (Å²) in [7, 11) is 1.83. The quantitative estimate of drug-likeness (QED) is 0.204. The zero-order valence-corrected chi connectivity index (χ0v) is 20.8. The predicted molar refractivity (Wildman–Crippen MR) is 145 cm³/mol. The summed E-state index contributed by atoms with van der Waals surface area (Å²) < 4.78 is 48.3. The van der Waals surface area contributed by atoms with Crippen molar-refractivity contribution in [2.24, 2.45) is 0 Å². The molecular weight excluding hydrogens is 513 g/mol. The Balaban J connectivity index is 1.28. The second-order valence-corrected chi connectivity index (χ2v) is 9.26. The number of alkyl halides is 3. The summed E-state index contributed by atoms with van der Waals surface area (Å²) in [5, 5.41) is 8.37. The minimum Gasteiger partial charge on any atom is -0.457 e. The molecule has 0 aliphatic carbocycles. The first-order chi connectivity index (χ1) is 18.3. The van der Waals surface area contributed by atoms with Crippen molar-refractivity contribution in [3.05, 3.63) is 96.6 Å². The minimum atomic E-state index is -4.63. The highest BCUT2D eigenvalue weighted by Crippen LogP contribution is 2.41. The number of rotatable bonds is 6. The van der Waals surface area contributed by atoms with E-state index < -0.39 is 17.8 Å². The van der Waals surface area contributed by atoms with E-state index in [0.29, 0.717) is 22.7 Å². The van der Waals surface area contributed by atoms with E-state index in [0.717, 1.165) is 16.5 Å². The smallest absolute Gasteiger partial charge is 0.417 e. The minimum absolute atomic E-state index is 0.00431. The maximum atomic E-state index is 13.9. The van der Waals surface area contributed by atoms with E-state index in [1.807, 2.05) is 43.4 Å². The lowest BCUT2D eigenvalue weighted by Gasteiger charge is -2.14. The Morgan fingerprint density at radius 3 is 2.05 bits per heavy atom. The third-order valence-electron chi connectivity index (χ3n) is 5.60. The average Bonchev–Trinajstić information content (AvgIpc) is 3.34. The molecule has 6 nitrogen and oxygen atoms in total. The Bertz CT molecular complexity index is 1550. The molecule has 0 aliphatic heterocycles. The second kappa shape index (κ2) is 10.4. The van der Waals surface area contributed by atoms with E-state index >= 15 is 0 Å². The Kier molecular flexibility index (Phi) is 6.89. The number of thiazole rings is 1. The maximum absolute atomic E-state index is 13.9. The lowest BCUT2D eigenvalue weighted by molar-refractivity contribution is -0.137. The van der Waals surface area contributed by atoms with Crippen LogP contribution in [0.3, 0.4) is 0 Å². The molecule has 0 unspecified atom stereocenters. The molecule has 1 heterocycles. The average molecular weight is 535 g/mol. The van der Waals surface area contributed by atoms with Crippen LogP contribution in [-0.2, 0) is 6.18 Å². The highest BCUT2D eigenvalue weighted by atomic mass is 32.1. The molecule has 0 bridgehead atoms. The molecule has 0 saturated carbocycles. The van der Waals surface area contributed by atoms with Gasteiger partial charge >= 0.3 is 12.2 Å². The number of para-hydroxylation sites is 1. The van der Waals surface area contributed by atoms with Gasteiger partial charge in [0.15, 0.2) is 0 Å². The van der Waals surface area contributed by atoms with Crippen molar-refractivity contribution in [2.45, 2.75) is 6.18 Å². The van der Waals surface area contributed by atoms with Gasteiger partial charge in [-0.1, -0.05) is 12.1 Å². The molecule has 10 heteroatoms. The summed E-state index contributed by atoms with van der Waals surface area (Å²) in [5.41, 5.74) is 1.12. The maximum Gasteiger partial charge on any atom is 0.417 e. The molecule has 5 aromatic rings. The number of carbonyl (C=O) groups is 1. The van der Waals surface area contributed by atoms with Gasteiger partial charge in [0.05, 0.1) is 15.8 Å². The highest BCUT2D eigenvalue weighted by molar-refractivity contribution is 7.21. The number of amides is 2. The van der Waals surface area contributed by atoms with Crippen LogP contribution in [0, 0.1) is 0 Å². The van der Waals surface area contributed by atoms with Crippen molar-refractivity contribution < 1.29 is 22.7 Å². The molecule has 4 aromatic carbocycles. The van der Waals surface area contributed by atoms with Crippen LogP contribution in [0.4, 0.5) is 35.0 Å². The van der Waals surface area contributed by atoms with Crippen molar-refractivity contribution in [1.82, 2.24) is 4.98 Å². The largest absolute Gasteiger partial charge is 0.457 e. The van der Waals surface area contributed by atoms with Gasteiger partial charge < -0.3 is 20.7 Å². The van der Waals surface area contributed by atoms with Gasteiger partial charge in [0.25, 0.3) is 0 Å². The number of hydrogen-bond acceptors (Lipinski definition) is 5. The molecule has 2 amide bonds. The number of ether oxygens (including phenoxy) is 1. The third kappa shape index (κ3) is 5.70. The van der Waals surface area contributed by atoms with E-state index in [1.54, 1.807) is 36.4 Å². The molecule has 0 aliphatic rings. The molecule has 1 aromatic heterocycles. The summed E-state index contributed by atoms with van der Waals surface area (Å²) >= 11 is 1.18. The molecule has 0 radical (unpaired) electrons. The number of nitrogens with one attached hydrogen (secondary N) is 3. The lowest BCUT2D eigenvalue weighted by atomic mass is 10.1. The van der Waals surface area contributed by atoms with Gasteiger partial charge in [-0.2, -0.15) is 13.2 Å². The fourth-order valence-corrected chi connectivity index (χ4v) is 4.76. The number of anilines is 3. The van der Waals surface area contributed by atoms with Crippen LogP contribution in [0.25, 0.3) is 20.8 Å². The van der Waals surface area contributed by atoms with Crippen LogP contribution in [0.5, 0.6) is 11.5 Å². The summed E-state index contributed by atoms with van der Waals surface area (Å²) in [4.78, 5) is 16.9. The normalized spacial score (nSPS) is 11.3. The van der Waals surface area contributed by atoms with Crippen LogP contribution in [0.1, 0.15) is 5.56 Å². The SMILES string of the molecule is CNc1ccc(Oc2ccc(NC(=O)Nc3ccc(-c4nc5ccccc5s4)c(C(F)(F)F)c3)cc2)cc1. The van der Waals surface area contributed by atoms with Gasteiger partial charge in [-0.05, 0) is 78.9 Å². The van der Waals surface area contributed by atoms with Crippen molar-refractivity contribution in [3.8, 4) is 22.1 Å². The van der Waals surface area contributed by atoms with Gasteiger partial charge in [-0.15, -0.1) is 11.3 Å². The Morgan fingerprint density at radius 2 is 1.42 bits per heavy atom. The standard InChI is InChI=1S/C28H21F3N4O2S/c1-32-17-6-11-20(12-7-17)37-21-13-8-18(9-14-21)33-27(36)34-19-10-15-22(23(16-19)28(29,30)31)26-35-24-4-2-3-5-25(24)38-26/h2-16,32H,1H3,(H2,33,34,36). The number of hydrogen-bond donors (Lipinski definition) is 3. The van der Waals surface area contributed by atoms with Gasteiger partial charge in [0.1, 0.15) is 16.5 Å². The van der Waals surface area contributed by atoms with Gasteiger partial charge in [-0.3, -0.25) is 0 Å². The van der Waals surface area contributed by atoms with Crippen LogP contribution in [0.2, 0.25) is 0 Å². The Hall–Kier alpha value is -4.57. The Labute approximate surface area is 220 Å². The van der Waals surface area contributed by atoms with Crippen molar-refractivity contribution >= 4 is 44.6 Å². The van der Waals surface area contributed by atoms with E-state index in [9.17, 15) is 18.0 Å². The molecule has 0 spiro atoms. The van der Waals surface area contributed by atoms with E-state index in [4.69, 9.17) is 4.74 Å². The summed E-state index contributed by atoms with van der Waals surface area (Å²) in [6, 6.07) is 24.2. The first kappa shape index (κ1) is 25.1. The molecular formula is C28H21F3N4O2S. The Morgan fingerprint density at radius 1 is 0.816 bits per heavy atom. The first-order valence-electron chi connectivity index (χ1n) is 11.5. The highest BCUT2D eigenvalue weighted by Gasteiger charge is 2.35. The molecule has 0 atom stereocenters. The van der Waals surface area contributed by atoms with Crippen molar-refractivity contribution in [1.29, 1.82) is 0 Å². The fraction of sp³-hybridized carbons (Fsp3) is 0.0714. The van der Waals surface area contributed by atoms with Gasteiger partial charge in [0, 0.05) is 29.7 Å². The lowest BCUT2D eigenvalue weighted by Crippen LogP contribution is -2.20. The molecule has 38 heavy (non-hydrogen) atoms. The zero-order chi connectivity index (χ0) is 26.7. The molecule has 0 saturated heterocycles. The van der Waals surface area contributed by atoms with Crippen LogP contribution < -0.4 is 20.7 Å². The van der Waals surface area contributed by atoms with Crippen molar-refractivity contribution in [3.63, 3.8) is 0 Å².